The number of ether oxygens (including phenoxy) is 2. The molecule has 4 aromatic rings. The van der Waals surface area contributed by atoms with Crippen LogP contribution in [0.15, 0.2) is 47.1 Å². The van der Waals surface area contributed by atoms with Crippen LogP contribution in [0.5, 0.6) is 11.5 Å². The number of methoxy groups -OCH3 is 2. The minimum absolute atomic E-state index is 0.0515. The number of furan rings is 1. The van der Waals surface area contributed by atoms with Crippen LogP contribution in [0.4, 0.5) is 5.95 Å². The summed E-state index contributed by atoms with van der Waals surface area (Å²) in [6, 6.07) is 8.63. The second-order valence-corrected chi connectivity index (χ2v) is 10.6. The molecule has 0 unspecified atom stereocenters. The van der Waals surface area contributed by atoms with Gasteiger partial charge in [-0.1, -0.05) is 13.0 Å². The minimum Gasteiger partial charge on any atom is -0.494 e. The average molecular weight is 543 g/mol. The SMILES string of the molecule is COc1cccc(OC)c1-n1c(NS(=O)(=O)[C@H](CCO)[C@@H](C)c2ncc(C)cn2)nnc1-c1ccc(C)o1. The molecule has 202 valence electrons. The topological polar surface area (TPSA) is 154 Å². The number of sulfonamides is 1. The second kappa shape index (κ2) is 11.2. The first-order valence-electron chi connectivity index (χ1n) is 11.8. The Labute approximate surface area is 220 Å². The van der Waals surface area contributed by atoms with Crippen molar-refractivity contribution in [3.05, 3.63) is 59.9 Å². The number of para-hydroxylation sites is 1. The lowest BCUT2D eigenvalue weighted by Crippen LogP contribution is -2.34. The van der Waals surface area contributed by atoms with Crippen molar-refractivity contribution in [1.82, 2.24) is 24.7 Å². The zero-order valence-electron chi connectivity index (χ0n) is 21.7. The maximum absolute atomic E-state index is 13.8. The summed E-state index contributed by atoms with van der Waals surface area (Å²) < 4.78 is 48.5. The van der Waals surface area contributed by atoms with Crippen LogP contribution in [-0.2, 0) is 10.0 Å². The first kappa shape index (κ1) is 27.1. The van der Waals surface area contributed by atoms with Crippen molar-refractivity contribution in [2.45, 2.75) is 38.4 Å². The summed E-state index contributed by atoms with van der Waals surface area (Å²) in [6.07, 6.45) is 3.19. The summed E-state index contributed by atoms with van der Waals surface area (Å²) in [4.78, 5) is 8.59. The van der Waals surface area contributed by atoms with Gasteiger partial charge in [-0.15, -0.1) is 10.2 Å². The number of hydrogen-bond donors (Lipinski definition) is 2. The van der Waals surface area contributed by atoms with Crippen LogP contribution >= 0.6 is 0 Å². The molecule has 0 saturated carbocycles. The summed E-state index contributed by atoms with van der Waals surface area (Å²) in [7, 11) is -1.17. The largest absolute Gasteiger partial charge is 0.494 e. The van der Waals surface area contributed by atoms with Crippen LogP contribution in [0, 0.1) is 13.8 Å². The number of hydrogen-bond acceptors (Lipinski definition) is 10. The molecule has 0 amide bonds. The predicted molar refractivity (Wildman–Crippen MR) is 140 cm³/mol. The van der Waals surface area contributed by atoms with Gasteiger partial charge in [0, 0.05) is 24.9 Å². The van der Waals surface area contributed by atoms with Gasteiger partial charge in [-0.2, -0.15) is 0 Å². The molecule has 12 nitrogen and oxygen atoms in total. The average Bonchev–Trinajstić information content (AvgIpc) is 3.51. The van der Waals surface area contributed by atoms with Gasteiger partial charge < -0.3 is 19.0 Å². The van der Waals surface area contributed by atoms with Gasteiger partial charge in [0.05, 0.1) is 19.5 Å². The number of nitrogens with zero attached hydrogens (tertiary/aromatic N) is 5. The quantitative estimate of drug-likeness (QED) is 0.289. The number of aromatic nitrogens is 5. The molecular weight excluding hydrogens is 512 g/mol. The van der Waals surface area contributed by atoms with Crippen molar-refractivity contribution in [3.63, 3.8) is 0 Å². The highest BCUT2D eigenvalue weighted by Crippen LogP contribution is 2.38. The van der Waals surface area contributed by atoms with Gasteiger partial charge in [0.25, 0.3) is 0 Å². The summed E-state index contributed by atoms with van der Waals surface area (Å²) in [6.45, 7) is 4.97. The Kier molecular flexibility index (Phi) is 7.97. The minimum atomic E-state index is -4.15. The smallest absolute Gasteiger partial charge is 0.243 e. The van der Waals surface area contributed by atoms with Crippen molar-refractivity contribution in [3.8, 4) is 28.8 Å². The first-order chi connectivity index (χ1) is 18.2. The monoisotopic (exact) mass is 542 g/mol. The molecule has 0 aliphatic heterocycles. The molecule has 1 aromatic carbocycles. The highest BCUT2D eigenvalue weighted by Gasteiger charge is 2.35. The number of nitrogens with one attached hydrogen (secondary N) is 1. The lowest BCUT2D eigenvalue weighted by atomic mass is 10.0. The molecule has 2 atom stereocenters. The number of aryl methyl sites for hydroxylation is 2. The van der Waals surface area contributed by atoms with Crippen LogP contribution in [0.25, 0.3) is 17.3 Å². The molecule has 38 heavy (non-hydrogen) atoms. The van der Waals surface area contributed by atoms with E-state index in [9.17, 15) is 13.5 Å². The number of rotatable bonds is 11. The standard InChI is InChI=1S/C25H30N6O6S/c1-15-13-26-23(27-14-15)17(3)21(11-12-32)38(33,34)30-25-29-28-24(20-10-9-16(2)37-20)31(25)22-18(35-4)7-6-8-19(22)36-5/h6-10,13-14,17,21,32H,11-12H2,1-5H3,(H,29,30)/t17-,21-/m1/s1. The Morgan fingerprint density at radius 1 is 1.05 bits per heavy atom. The fraction of sp³-hybridized carbons (Fsp3) is 0.360. The van der Waals surface area contributed by atoms with Gasteiger partial charge in [0.1, 0.15) is 28.8 Å². The van der Waals surface area contributed by atoms with E-state index in [2.05, 4.69) is 24.9 Å². The van der Waals surface area contributed by atoms with E-state index in [-0.39, 0.29) is 24.8 Å². The van der Waals surface area contributed by atoms with Crippen molar-refractivity contribution in [2.75, 3.05) is 25.5 Å². The lowest BCUT2D eigenvalue weighted by Gasteiger charge is -2.23. The molecule has 0 saturated heterocycles. The number of aliphatic hydroxyl groups excluding tert-OH is 1. The molecule has 0 bridgehead atoms. The highest BCUT2D eigenvalue weighted by atomic mass is 32.2. The third kappa shape index (κ3) is 5.34. The highest BCUT2D eigenvalue weighted by molar-refractivity contribution is 7.93. The van der Waals surface area contributed by atoms with E-state index in [1.54, 1.807) is 56.6 Å². The molecule has 3 aromatic heterocycles. The zero-order chi connectivity index (χ0) is 27.4. The Balaban J connectivity index is 1.84. The predicted octanol–water partition coefficient (Wildman–Crippen LogP) is 3.25. The van der Waals surface area contributed by atoms with Gasteiger partial charge in [-0.25, -0.2) is 18.4 Å². The molecule has 0 aliphatic rings. The van der Waals surface area contributed by atoms with Crippen LogP contribution in [0.2, 0.25) is 0 Å². The van der Waals surface area contributed by atoms with Crippen molar-refractivity contribution in [2.24, 2.45) is 0 Å². The summed E-state index contributed by atoms with van der Waals surface area (Å²) >= 11 is 0. The van der Waals surface area contributed by atoms with Crippen molar-refractivity contribution in [1.29, 1.82) is 0 Å². The zero-order valence-corrected chi connectivity index (χ0v) is 22.6. The number of aliphatic hydroxyl groups is 1. The molecule has 3 heterocycles. The lowest BCUT2D eigenvalue weighted by molar-refractivity contribution is 0.280. The van der Waals surface area contributed by atoms with Crippen LogP contribution in [-0.4, -0.2) is 64.3 Å². The Hall–Kier alpha value is -3.97. The van der Waals surface area contributed by atoms with Gasteiger partial charge in [-0.05, 0) is 50.1 Å². The third-order valence-electron chi connectivity index (χ3n) is 6.06. The fourth-order valence-corrected chi connectivity index (χ4v) is 5.75. The van der Waals surface area contributed by atoms with E-state index >= 15 is 0 Å². The van der Waals surface area contributed by atoms with E-state index in [1.165, 1.54) is 18.8 Å². The van der Waals surface area contributed by atoms with Crippen molar-refractivity contribution < 1.29 is 27.4 Å². The van der Waals surface area contributed by atoms with Crippen molar-refractivity contribution >= 4 is 16.0 Å². The fourth-order valence-electron chi connectivity index (χ4n) is 4.14. The molecular formula is C25H30N6O6S. The number of benzene rings is 1. The van der Waals surface area contributed by atoms with Crippen LogP contribution in [0.1, 0.15) is 36.4 Å². The van der Waals surface area contributed by atoms with Gasteiger partial charge in [-0.3, -0.25) is 9.29 Å². The Bertz CT molecular complexity index is 1480. The maximum atomic E-state index is 13.8. The number of anilines is 1. The molecule has 2 N–H and O–H groups in total. The molecule has 4 rings (SSSR count). The maximum Gasteiger partial charge on any atom is 0.243 e. The van der Waals surface area contributed by atoms with E-state index in [4.69, 9.17) is 13.9 Å². The molecule has 13 heteroatoms. The van der Waals surface area contributed by atoms with Gasteiger partial charge >= 0.3 is 0 Å². The molecule has 0 spiro atoms. The van der Waals surface area contributed by atoms with Crippen LogP contribution in [0.3, 0.4) is 0 Å². The van der Waals surface area contributed by atoms with E-state index in [0.717, 1.165) is 5.56 Å². The van der Waals surface area contributed by atoms with Crippen LogP contribution < -0.4 is 14.2 Å². The Morgan fingerprint density at radius 2 is 1.71 bits per heavy atom. The van der Waals surface area contributed by atoms with E-state index in [1.807, 2.05) is 6.92 Å². The normalized spacial score (nSPS) is 13.2. The van der Waals surface area contributed by atoms with Gasteiger partial charge in [0.2, 0.25) is 21.8 Å². The molecule has 0 radical (unpaired) electrons. The summed E-state index contributed by atoms with van der Waals surface area (Å²) in [5.41, 5.74) is 1.22. The summed E-state index contributed by atoms with van der Waals surface area (Å²) in [5, 5.41) is 17.0. The van der Waals surface area contributed by atoms with E-state index < -0.39 is 21.2 Å². The third-order valence-corrected chi connectivity index (χ3v) is 7.97. The second-order valence-electron chi connectivity index (χ2n) is 8.71. The van der Waals surface area contributed by atoms with E-state index in [0.29, 0.717) is 34.5 Å². The Morgan fingerprint density at radius 3 is 2.26 bits per heavy atom. The first-order valence-corrected chi connectivity index (χ1v) is 13.4. The molecule has 0 aliphatic carbocycles. The molecule has 0 fully saturated rings. The van der Waals surface area contributed by atoms with Gasteiger partial charge in [0.15, 0.2) is 5.76 Å². The summed E-state index contributed by atoms with van der Waals surface area (Å²) in [5.74, 6) is 1.61.